The van der Waals surface area contributed by atoms with Gasteiger partial charge in [0.25, 0.3) is 0 Å². The van der Waals surface area contributed by atoms with Gasteiger partial charge in [0, 0.05) is 31.0 Å². The average Bonchev–Trinajstić information content (AvgIpc) is 3.08. The van der Waals surface area contributed by atoms with Crippen LogP contribution in [-0.4, -0.2) is 56.2 Å². The second-order valence-corrected chi connectivity index (χ2v) is 9.73. The van der Waals surface area contributed by atoms with Gasteiger partial charge in [-0.3, -0.25) is 10.1 Å². The van der Waals surface area contributed by atoms with Crippen LogP contribution in [0.5, 0.6) is 0 Å². The molecule has 0 aromatic heterocycles. The van der Waals surface area contributed by atoms with Crippen molar-refractivity contribution in [3.8, 4) is 0 Å². The van der Waals surface area contributed by atoms with Gasteiger partial charge in [0.15, 0.2) is 9.84 Å². The second kappa shape index (κ2) is 7.45. The normalized spacial score (nSPS) is 25.0. The lowest BCUT2D eigenvalue weighted by Gasteiger charge is -2.34. The third-order valence-corrected chi connectivity index (χ3v) is 6.75. The summed E-state index contributed by atoms with van der Waals surface area (Å²) in [5, 5.41) is 3.25. The molecule has 1 aromatic rings. The molecule has 24 heavy (non-hydrogen) atoms. The fraction of sp³-hybridized carbons (Fsp3) is 0.588. The first-order valence-electron chi connectivity index (χ1n) is 8.32. The number of likely N-dealkylation sites (tertiary alicyclic amines) is 1. The highest BCUT2D eigenvalue weighted by molar-refractivity contribution is 7.99. The molecule has 1 N–H and O–H groups in total. The summed E-state index contributed by atoms with van der Waals surface area (Å²) in [5.74, 6) is 2.32. The summed E-state index contributed by atoms with van der Waals surface area (Å²) < 4.78 is 23.4. The van der Waals surface area contributed by atoms with Crippen molar-refractivity contribution in [2.45, 2.75) is 30.2 Å². The molecule has 5 nitrogen and oxygen atoms in total. The first kappa shape index (κ1) is 17.8. The number of carbonyl (C=O) groups is 1. The highest BCUT2D eigenvalue weighted by Gasteiger charge is 2.30. The summed E-state index contributed by atoms with van der Waals surface area (Å²) in [5.41, 5.74) is 1.03. The van der Waals surface area contributed by atoms with Gasteiger partial charge in [0.05, 0.1) is 10.9 Å². The Bertz CT molecular complexity index is 700. The summed E-state index contributed by atoms with van der Waals surface area (Å²) >= 11 is 1.77. The summed E-state index contributed by atoms with van der Waals surface area (Å²) in [6.07, 6.45) is 4.15. The predicted molar refractivity (Wildman–Crippen MR) is 96.8 cm³/mol. The molecule has 0 saturated carbocycles. The van der Waals surface area contributed by atoms with Crippen molar-refractivity contribution >= 4 is 27.5 Å². The number of amides is 1. The van der Waals surface area contributed by atoms with E-state index in [-0.39, 0.29) is 11.9 Å². The SMILES string of the molecule is CS(=O)(=O)c1cccc(CC2CCCN(C(=O)[C@@H]3CSCN3)C2)c1. The van der Waals surface area contributed by atoms with Crippen LogP contribution in [0.3, 0.4) is 0 Å². The molecule has 2 aliphatic rings. The molecular weight excluding hydrogens is 344 g/mol. The highest BCUT2D eigenvalue weighted by atomic mass is 32.2. The maximum Gasteiger partial charge on any atom is 0.240 e. The summed E-state index contributed by atoms with van der Waals surface area (Å²) in [6, 6.07) is 7.15. The first-order valence-corrected chi connectivity index (χ1v) is 11.4. The van der Waals surface area contributed by atoms with E-state index in [0.717, 1.165) is 49.5 Å². The Morgan fingerprint density at radius 2 is 2.25 bits per heavy atom. The minimum absolute atomic E-state index is 0.0395. The smallest absolute Gasteiger partial charge is 0.240 e. The zero-order chi connectivity index (χ0) is 17.2. The van der Waals surface area contributed by atoms with E-state index in [1.165, 1.54) is 6.26 Å². The molecule has 2 atom stereocenters. The van der Waals surface area contributed by atoms with Crippen LogP contribution in [0, 0.1) is 5.92 Å². The van der Waals surface area contributed by atoms with Crippen LogP contribution in [0.4, 0.5) is 0 Å². The Kier molecular flexibility index (Phi) is 5.52. The maximum absolute atomic E-state index is 12.6. The standard InChI is InChI=1S/C17H24N2O3S2/c1-24(21,22)15-6-2-4-13(9-15)8-14-5-3-7-19(10-14)17(20)16-11-23-12-18-16/h2,4,6,9,14,16,18H,3,5,7-8,10-12H2,1H3/t14?,16-/m0/s1. The van der Waals surface area contributed by atoms with Crippen LogP contribution >= 0.6 is 11.8 Å². The van der Waals surface area contributed by atoms with Gasteiger partial charge in [-0.2, -0.15) is 0 Å². The largest absolute Gasteiger partial charge is 0.341 e. The van der Waals surface area contributed by atoms with Crippen LogP contribution in [0.15, 0.2) is 29.2 Å². The Hall–Kier alpha value is -1.05. The number of piperidine rings is 1. The number of thioether (sulfide) groups is 1. The van der Waals surface area contributed by atoms with Crippen molar-refractivity contribution in [3.63, 3.8) is 0 Å². The van der Waals surface area contributed by atoms with Crippen LogP contribution in [0.2, 0.25) is 0 Å². The molecular formula is C17H24N2O3S2. The number of hydrogen-bond acceptors (Lipinski definition) is 5. The molecule has 132 valence electrons. The zero-order valence-corrected chi connectivity index (χ0v) is 15.5. The monoisotopic (exact) mass is 368 g/mol. The van der Waals surface area contributed by atoms with Crippen LogP contribution in [-0.2, 0) is 21.1 Å². The van der Waals surface area contributed by atoms with Gasteiger partial charge in [-0.1, -0.05) is 12.1 Å². The van der Waals surface area contributed by atoms with Gasteiger partial charge >= 0.3 is 0 Å². The van der Waals surface area contributed by atoms with Crippen molar-refractivity contribution in [3.05, 3.63) is 29.8 Å². The molecule has 0 bridgehead atoms. The van der Waals surface area contributed by atoms with E-state index < -0.39 is 9.84 Å². The number of benzene rings is 1. The zero-order valence-electron chi connectivity index (χ0n) is 13.9. The number of hydrogen-bond donors (Lipinski definition) is 1. The Morgan fingerprint density at radius 1 is 1.42 bits per heavy atom. The fourth-order valence-electron chi connectivity index (χ4n) is 3.44. The van der Waals surface area contributed by atoms with Crippen molar-refractivity contribution < 1.29 is 13.2 Å². The number of carbonyl (C=O) groups excluding carboxylic acids is 1. The molecule has 1 aromatic carbocycles. The van der Waals surface area contributed by atoms with E-state index in [4.69, 9.17) is 0 Å². The minimum Gasteiger partial charge on any atom is -0.341 e. The molecule has 2 aliphatic heterocycles. The number of nitrogens with one attached hydrogen (secondary N) is 1. The van der Waals surface area contributed by atoms with Gasteiger partial charge in [0.1, 0.15) is 0 Å². The van der Waals surface area contributed by atoms with E-state index in [1.807, 2.05) is 11.0 Å². The summed E-state index contributed by atoms with van der Waals surface area (Å²) in [7, 11) is -3.18. The highest BCUT2D eigenvalue weighted by Crippen LogP contribution is 2.24. The third kappa shape index (κ3) is 4.32. The topological polar surface area (TPSA) is 66.5 Å². The van der Waals surface area contributed by atoms with Gasteiger partial charge in [-0.05, 0) is 42.9 Å². The molecule has 0 radical (unpaired) electrons. The molecule has 2 heterocycles. The van der Waals surface area contributed by atoms with E-state index in [9.17, 15) is 13.2 Å². The average molecular weight is 369 g/mol. The maximum atomic E-state index is 12.6. The summed E-state index contributed by atoms with van der Waals surface area (Å²) in [4.78, 5) is 14.9. The van der Waals surface area contributed by atoms with Gasteiger partial charge in [0.2, 0.25) is 5.91 Å². The van der Waals surface area contributed by atoms with Gasteiger partial charge in [-0.25, -0.2) is 8.42 Å². The van der Waals surface area contributed by atoms with Crippen molar-refractivity contribution in [1.29, 1.82) is 0 Å². The molecule has 1 amide bonds. The van der Waals surface area contributed by atoms with Crippen LogP contribution in [0.1, 0.15) is 18.4 Å². The fourth-order valence-corrected chi connectivity index (χ4v) is 5.07. The Morgan fingerprint density at radius 3 is 2.96 bits per heavy atom. The number of rotatable bonds is 4. The lowest BCUT2D eigenvalue weighted by atomic mass is 9.91. The van der Waals surface area contributed by atoms with Crippen molar-refractivity contribution in [1.82, 2.24) is 10.2 Å². The predicted octanol–water partition coefficient (Wildman–Crippen LogP) is 1.53. The second-order valence-electron chi connectivity index (χ2n) is 6.69. The molecule has 0 spiro atoms. The Labute approximate surface area is 148 Å². The van der Waals surface area contributed by atoms with E-state index in [0.29, 0.717) is 10.8 Å². The molecule has 0 aliphatic carbocycles. The Balaban J connectivity index is 1.64. The van der Waals surface area contributed by atoms with E-state index in [2.05, 4.69) is 5.32 Å². The van der Waals surface area contributed by atoms with E-state index >= 15 is 0 Å². The van der Waals surface area contributed by atoms with Crippen molar-refractivity contribution in [2.75, 3.05) is 31.0 Å². The van der Waals surface area contributed by atoms with Gasteiger partial charge < -0.3 is 4.90 Å². The van der Waals surface area contributed by atoms with Crippen LogP contribution < -0.4 is 5.32 Å². The molecule has 2 saturated heterocycles. The molecule has 1 unspecified atom stereocenters. The molecule has 2 fully saturated rings. The van der Waals surface area contributed by atoms with E-state index in [1.54, 1.807) is 30.0 Å². The lowest BCUT2D eigenvalue weighted by Crippen LogP contribution is -2.49. The number of sulfone groups is 1. The van der Waals surface area contributed by atoms with Gasteiger partial charge in [-0.15, -0.1) is 11.8 Å². The quantitative estimate of drug-likeness (QED) is 0.873. The third-order valence-electron chi connectivity index (χ3n) is 4.70. The van der Waals surface area contributed by atoms with Crippen molar-refractivity contribution in [2.24, 2.45) is 5.92 Å². The first-order chi connectivity index (χ1) is 11.4. The number of nitrogens with zero attached hydrogens (tertiary/aromatic N) is 1. The molecule has 3 rings (SSSR count). The lowest BCUT2D eigenvalue weighted by molar-refractivity contribution is -0.134. The van der Waals surface area contributed by atoms with Crippen LogP contribution in [0.25, 0.3) is 0 Å². The molecule has 7 heteroatoms. The minimum atomic E-state index is -3.18. The summed E-state index contributed by atoms with van der Waals surface area (Å²) in [6.45, 7) is 1.60.